The van der Waals surface area contributed by atoms with Crippen LogP contribution >= 0.6 is 0 Å². The van der Waals surface area contributed by atoms with Crippen molar-refractivity contribution in [2.24, 2.45) is 0 Å². The number of aliphatic hydroxyl groups is 2. The molecule has 1 amide bonds. The maximum absolute atomic E-state index is 12.4. The zero-order chi connectivity index (χ0) is 47.2. The topological polar surface area (TPSA) is 95.9 Å². The van der Waals surface area contributed by atoms with Gasteiger partial charge in [0, 0.05) is 12.8 Å². The summed E-state index contributed by atoms with van der Waals surface area (Å²) in [6, 6.07) is -0.628. The molecule has 0 aromatic heterocycles. The number of esters is 1. The van der Waals surface area contributed by atoms with E-state index in [0.717, 1.165) is 51.4 Å². The lowest BCUT2D eigenvalue weighted by molar-refractivity contribution is -0.143. The summed E-state index contributed by atoms with van der Waals surface area (Å²) < 4.78 is 5.48. The van der Waals surface area contributed by atoms with Gasteiger partial charge in [-0.25, -0.2) is 0 Å². The van der Waals surface area contributed by atoms with Gasteiger partial charge < -0.3 is 20.3 Å². The van der Waals surface area contributed by atoms with E-state index >= 15 is 0 Å². The number of unbranched alkanes of at least 4 members (excludes halogenated alkanes) is 38. The summed E-state index contributed by atoms with van der Waals surface area (Å²) in [7, 11) is 0. The third kappa shape index (κ3) is 51.3. The van der Waals surface area contributed by atoms with E-state index < -0.39 is 12.1 Å². The third-order valence-electron chi connectivity index (χ3n) is 13.2. The van der Waals surface area contributed by atoms with Crippen LogP contribution in [0.2, 0.25) is 0 Å². The minimum atomic E-state index is -0.844. The summed E-state index contributed by atoms with van der Waals surface area (Å²) >= 11 is 0. The van der Waals surface area contributed by atoms with Crippen LogP contribution < -0.4 is 5.32 Å². The Kier molecular flexibility index (Phi) is 53.1. The van der Waals surface area contributed by atoms with Crippen molar-refractivity contribution in [1.82, 2.24) is 5.32 Å². The largest absolute Gasteiger partial charge is 0.466 e. The van der Waals surface area contributed by atoms with Crippen molar-refractivity contribution < 1.29 is 24.5 Å². The van der Waals surface area contributed by atoms with E-state index in [2.05, 4.69) is 43.5 Å². The number of allylic oxidation sites excluding steroid dienone is 5. The Morgan fingerprint density at radius 3 is 1.20 bits per heavy atom. The first kappa shape index (κ1) is 63.1. The van der Waals surface area contributed by atoms with E-state index in [1.54, 1.807) is 6.08 Å². The number of hydrogen-bond donors (Lipinski definition) is 3. The number of carbonyl (C=O) groups is 2. The average Bonchev–Trinajstić information content (AvgIpc) is 3.31. The Morgan fingerprint density at radius 2 is 0.769 bits per heavy atom. The smallest absolute Gasteiger partial charge is 0.305 e. The van der Waals surface area contributed by atoms with E-state index in [9.17, 15) is 19.8 Å². The average molecular weight is 915 g/mol. The fourth-order valence-electron chi connectivity index (χ4n) is 8.72. The standard InChI is InChI=1S/C59H111NO5/c1-3-5-7-9-11-13-15-16-17-22-26-29-33-37-41-45-49-53-59(64)65-54-50-46-42-38-34-30-27-24-21-19-18-20-23-25-28-32-36-40-44-48-52-58(63)60-56(55-61)57(62)51-47-43-39-35-31-14-12-10-8-6-4-2/h11,13,16-17,47,51,56-57,61-62H,3-10,12,14-15,18-46,48-50,52-55H2,1-2H3,(H,60,63)/b13-11-,17-16-,51-47+. The van der Waals surface area contributed by atoms with Gasteiger partial charge in [0.25, 0.3) is 0 Å². The lowest BCUT2D eigenvalue weighted by Crippen LogP contribution is -2.45. The first-order chi connectivity index (χ1) is 32.0. The lowest BCUT2D eigenvalue weighted by Gasteiger charge is -2.20. The highest BCUT2D eigenvalue weighted by Crippen LogP contribution is 2.17. The third-order valence-corrected chi connectivity index (χ3v) is 13.2. The number of carbonyl (C=O) groups excluding carboxylic acids is 2. The van der Waals surface area contributed by atoms with E-state index in [-0.39, 0.29) is 18.5 Å². The summed E-state index contributed by atoms with van der Waals surface area (Å²) in [6.45, 7) is 4.86. The van der Waals surface area contributed by atoms with E-state index in [4.69, 9.17) is 4.74 Å². The molecule has 0 radical (unpaired) electrons. The number of nitrogens with one attached hydrogen (secondary N) is 1. The Labute approximate surface area is 404 Å². The first-order valence-electron chi connectivity index (χ1n) is 28.8. The molecule has 0 saturated carbocycles. The second-order valence-electron chi connectivity index (χ2n) is 19.6. The number of hydrogen-bond acceptors (Lipinski definition) is 5. The van der Waals surface area contributed by atoms with Gasteiger partial charge in [0.1, 0.15) is 0 Å². The normalized spacial score (nSPS) is 12.9. The molecular weight excluding hydrogens is 803 g/mol. The van der Waals surface area contributed by atoms with Gasteiger partial charge in [-0.2, -0.15) is 0 Å². The van der Waals surface area contributed by atoms with Crippen LogP contribution in [0.4, 0.5) is 0 Å². The highest BCUT2D eigenvalue weighted by Gasteiger charge is 2.18. The minimum Gasteiger partial charge on any atom is -0.466 e. The molecule has 0 fully saturated rings. The van der Waals surface area contributed by atoms with E-state index in [1.807, 2.05) is 6.08 Å². The molecule has 3 N–H and O–H groups in total. The summed E-state index contributed by atoms with van der Waals surface area (Å²) in [5.41, 5.74) is 0. The second kappa shape index (κ2) is 54.7. The van der Waals surface area contributed by atoms with Crippen LogP contribution in [0.25, 0.3) is 0 Å². The van der Waals surface area contributed by atoms with Gasteiger partial charge >= 0.3 is 5.97 Å². The highest BCUT2D eigenvalue weighted by atomic mass is 16.5. The van der Waals surface area contributed by atoms with Gasteiger partial charge in [-0.15, -0.1) is 0 Å². The second-order valence-corrected chi connectivity index (χ2v) is 19.6. The van der Waals surface area contributed by atoms with Gasteiger partial charge in [0.05, 0.1) is 25.4 Å². The van der Waals surface area contributed by atoms with Crippen LogP contribution in [0, 0.1) is 0 Å². The van der Waals surface area contributed by atoms with Crippen LogP contribution in [0.15, 0.2) is 36.5 Å². The molecule has 0 aliphatic rings. The molecule has 382 valence electrons. The quantitative estimate of drug-likeness (QED) is 0.0321. The maximum atomic E-state index is 12.4. The molecule has 6 heteroatoms. The molecule has 0 rings (SSSR count). The van der Waals surface area contributed by atoms with Crippen LogP contribution in [-0.4, -0.2) is 47.4 Å². The molecule has 0 heterocycles. The van der Waals surface area contributed by atoms with E-state index in [1.165, 1.54) is 225 Å². The van der Waals surface area contributed by atoms with Crippen molar-refractivity contribution in [2.75, 3.05) is 13.2 Å². The van der Waals surface area contributed by atoms with Gasteiger partial charge in [0.15, 0.2) is 0 Å². The van der Waals surface area contributed by atoms with Gasteiger partial charge in [0.2, 0.25) is 5.91 Å². The summed E-state index contributed by atoms with van der Waals surface area (Å²) in [5, 5.41) is 23.0. The molecule has 0 bridgehead atoms. The van der Waals surface area contributed by atoms with Crippen LogP contribution in [-0.2, 0) is 14.3 Å². The van der Waals surface area contributed by atoms with Crippen LogP contribution in [0.3, 0.4) is 0 Å². The van der Waals surface area contributed by atoms with Crippen molar-refractivity contribution >= 4 is 11.9 Å². The van der Waals surface area contributed by atoms with Crippen molar-refractivity contribution in [3.05, 3.63) is 36.5 Å². The number of amides is 1. The van der Waals surface area contributed by atoms with Gasteiger partial charge in [-0.1, -0.05) is 262 Å². The van der Waals surface area contributed by atoms with Crippen molar-refractivity contribution in [3.63, 3.8) is 0 Å². The Balaban J connectivity index is 3.39. The van der Waals surface area contributed by atoms with E-state index in [0.29, 0.717) is 19.4 Å². The van der Waals surface area contributed by atoms with Crippen molar-refractivity contribution in [3.8, 4) is 0 Å². The molecule has 2 atom stereocenters. The number of aliphatic hydroxyl groups excluding tert-OH is 2. The predicted octanol–water partition coefficient (Wildman–Crippen LogP) is 17.6. The zero-order valence-electron chi connectivity index (χ0n) is 43.5. The van der Waals surface area contributed by atoms with Crippen molar-refractivity contribution in [1.29, 1.82) is 0 Å². The molecule has 0 aromatic carbocycles. The SMILES string of the molecule is CCCCC/C=C\C/C=C\CCCCCCCCCC(=O)OCCCCCCCCCCCCCCCCCCCCCCC(=O)NC(CO)C(O)/C=C/CCCCCCCCCCC. The van der Waals surface area contributed by atoms with Gasteiger partial charge in [-0.05, 0) is 64.2 Å². The van der Waals surface area contributed by atoms with Crippen LogP contribution in [0.5, 0.6) is 0 Å². The number of ether oxygens (including phenoxy) is 1. The molecule has 0 aromatic rings. The predicted molar refractivity (Wildman–Crippen MR) is 283 cm³/mol. The Hall–Kier alpha value is -1.92. The monoisotopic (exact) mass is 914 g/mol. The molecular formula is C59H111NO5. The number of rotatable bonds is 53. The molecule has 0 aliphatic carbocycles. The molecule has 0 spiro atoms. The summed E-state index contributed by atoms with van der Waals surface area (Å²) in [4.78, 5) is 24.5. The fourth-order valence-corrected chi connectivity index (χ4v) is 8.72. The molecule has 0 aliphatic heterocycles. The molecule has 2 unspecified atom stereocenters. The molecule has 0 saturated heterocycles. The highest BCUT2D eigenvalue weighted by molar-refractivity contribution is 5.76. The summed E-state index contributed by atoms with van der Waals surface area (Å²) in [5.74, 6) is -0.0694. The van der Waals surface area contributed by atoms with Crippen LogP contribution in [0.1, 0.15) is 303 Å². The molecule has 65 heavy (non-hydrogen) atoms. The Bertz CT molecular complexity index is 1060. The minimum absolute atomic E-state index is 0.00180. The zero-order valence-corrected chi connectivity index (χ0v) is 43.5. The van der Waals surface area contributed by atoms with Crippen molar-refractivity contribution in [2.45, 2.75) is 315 Å². The maximum Gasteiger partial charge on any atom is 0.305 e. The first-order valence-corrected chi connectivity index (χ1v) is 28.8. The Morgan fingerprint density at radius 1 is 0.431 bits per heavy atom. The molecule has 6 nitrogen and oxygen atoms in total. The fraction of sp³-hybridized carbons (Fsp3) is 0.864. The van der Waals surface area contributed by atoms with Gasteiger partial charge in [-0.3, -0.25) is 9.59 Å². The summed E-state index contributed by atoms with van der Waals surface area (Å²) in [6.07, 6.45) is 67.4. The lowest BCUT2D eigenvalue weighted by atomic mass is 10.0.